The summed E-state index contributed by atoms with van der Waals surface area (Å²) in [7, 11) is 0. The molecule has 0 aliphatic heterocycles. The van der Waals surface area contributed by atoms with Crippen LogP contribution in [0.3, 0.4) is 0 Å². The second kappa shape index (κ2) is 11.2. The third kappa shape index (κ3) is 6.93. The Morgan fingerprint density at radius 3 is 1.83 bits per heavy atom. The summed E-state index contributed by atoms with van der Waals surface area (Å²) in [6, 6.07) is 18.8. The Kier molecular flexibility index (Phi) is 8.30. The normalized spacial score (nSPS) is 10.9. The molecule has 3 aromatic carbocycles. The van der Waals surface area contributed by atoms with E-state index in [1.807, 2.05) is 19.1 Å². The molecule has 0 atom stereocenters. The van der Waals surface area contributed by atoms with E-state index in [-0.39, 0.29) is 11.3 Å². The third-order valence-electron chi connectivity index (χ3n) is 5.20. The third-order valence-corrected chi connectivity index (χ3v) is 5.82. The summed E-state index contributed by atoms with van der Waals surface area (Å²) in [4.78, 5) is 37.3. The van der Waals surface area contributed by atoms with E-state index in [0.717, 1.165) is 5.56 Å². The summed E-state index contributed by atoms with van der Waals surface area (Å²) in [6.45, 7) is 8.72. The molecule has 0 saturated heterocycles. The van der Waals surface area contributed by atoms with E-state index in [4.69, 9.17) is 4.74 Å². The summed E-state index contributed by atoms with van der Waals surface area (Å²) in [5.41, 5.74) is 7.71. The van der Waals surface area contributed by atoms with E-state index in [1.54, 1.807) is 54.6 Å². The molecule has 3 N–H and O–H groups in total. The lowest BCUT2D eigenvalue weighted by Crippen LogP contribution is -2.41. The second-order valence-corrected chi connectivity index (χ2v) is 9.70. The van der Waals surface area contributed by atoms with Crippen LogP contribution in [0, 0.1) is 0 Å². The van der Waals surface area contributed by atoms with Crippen molar-refractivity contribution in [3.63, 3.8) is 0 Å². The molecular formula is C27H28BrN3O4. The Morgan fingerprint density at radius 1 is 0.771 bits per heavy atom. The SMILES string of the molecule is CCOc1ccc(C(=O)NNC(=O)c2ccc(NC(=O)c3ccc(C(C)(C)C)cc3)cc2)cc1Br. The van der Waals surface area contributed by atoms with Crippen molar-refractivity contribution in [2.45, 2.75) is 33.1 Å². The molecule has 3 rings (SSSR count). The minimum atomic E-state index is -0.487. The van der Waals surface area contributed by atoms with Crippen LogP contribution < -0.4 is 20.9 Å². The van der Waals surface area contributed by atoms with Crippen molar-refractivity contribution in [2.24, 2.45) is 0 Å². The van der Waals surface area contributed by atoms with Crippen LogP contribution in [0.1, 0.15) is 64.3 Å². The van der Waals surface area contributed by atoms with E-state index in [2.05, 4.69) is 52.9 Å². The Labute approximate surface area is 213 Å². The lowest BCUT2D eigenvalue weighted by Gasteiger charge is -2.19. The van der Waals surface area contributed by atoms with Gasteiger partial charge in [-0.25, -0.2) is 0 Å². The van der Waals surface area contributed by atoms with Crippen LogP contribution in [-0.2, 0) is 5.41 Å². The first-order valence-electron chi connectivity index (χ1n) is 11.1. The average molecular weight is 538 g/mol. The van der Waals surface area contributed by atoms with Crippen LogP contribution in [0.4, 0.5) is 5.69 Å². The zero-order chi connectivity index (χ0) is 25.6. The first kappa shape index (κ1) is 26.0. The molecule has 0 aromatic heterocycles. The van der Waals surface area contributed by atoms with Gasteiger partial charge in [-0.05, 0) is 88.4 Å². The maximum absolute atomic E-state index is 12.5. The Hall–Kier alpha value is -3.65. The van der Waals surface area contributed by atoms with Crippen LogP contribution in [0.5, 0.6) is 5.75 Å². The fraction of sp³-hybridized carbons (Fsp3) is 0.222. The van der Waals surface area contributed by atoms with Gasteiger partial charge >= 0.3 is 0 Å². The van der Waals surface area contributed by atoms with Gasteiger partial charge in [0.25, 0.3) is 17.7 Å². The van der Waals surface area contributed by atoms with Crippen molar-refractivity contribution < 1.29 is 19.1 Å². The molecule has 0 aliphatic rings. The minimum absolute atomic E-state index is 0.00987. The molecule has 0 unspecified atom stereocenters. The zero-order valence-corrected chi connectivity index (χ0v) is 21.7. The number of rotatable bonds is 6. The first-order chi connectivity index (χ1) is 16.6. The average Bonchev–Trinajstić information content (AvgIpc) is 2.83. The number of amides is 3. The molecule has 3 amide bonds. The van der Waals surface area contributed by atoms with E-state index >= 15 is 0 Å². The van der Waals surface area contributed by atoms with Crippen molar-refractivity contribution in [1.29, 1.82) is 0 Å². The Bertz CT molecular complexity index is 1220. The number of carbonyl (C=O) groups excluding carboxylic acids is 3. The number of nitrogens with one attached hydrogen (secondary N) is 3. The first-order valence-corrected chi connectivity index (χ1v) is 11.9. The summed E-state index contributed by atoms with van der Waals surface area (Å²) < 4.78 is 6.07. The molecule has 182 valence electrons. The number of hydrogen-bond acceptors (Lipinski definition) is 4. The highest BCUT2D eigenvalue weighted by Crippen LogP contribution is 2.26. The van der Waals surface area contributed by atoms with Crippen molar-refractivity contribution in [3.05, 3.63) is 93.5 Å². The van der Waals surface area contributed by atoms with E-state index in [0.29, 0.717) is 39.2 Å². The smallest absolute Gasteiger partial charge is 0.269 e. The maximum atomic E-state index is 12.5. The standard InChI is InChI=1S/C27H28BrN3O4/c1-5-35-23-15-10-19(16-22(23)28)26(34)31-30-25(33)18-8-13-21(14-9-18)29-24(32)17-6-11-20(12-7-17)27(2,3)4/h6-16H,5H2,1-4H3,(H,29,32)(H,30,33)(H,31,34). The van der Waals surface area contributed by atoms with Crippen LogP contribution in [0.25, 0.3) is 0 Å². The molecule has 35 heavy (non-hydrogen) atoms. The Balaban J connectivity index is 1.55. The highest BCUT2D eigenvalue weighted by Gasteiger charge is 2.15. The summed E-state index contributed by atoms with van der Waals surface area (Å²) in [6.07, 6.45) is 0. The van der Waals surface area contributed by atoms with Gasteiger partial charge in [0.2, 0.25) is 0 Å². The molecule has 0 bridgehead atoms. The monoisotopic (exact) mass is 537 g/mol. The number of benzene rings is 3. The summed E-state index contributed by atoms with van der Waals surface area (Å²) in [5, 5.41) is 2.82. The molecule has 0 spiro atoms. The fourth-order valence-electron chi connectivity index (χ4n) is 3.20. The number of anilines is 1. The van der Waals surface area contributed by atoms with Gasteiger partial charge in [-0.1, -0.05) is 32.9 Å². The van der Waals surface area contributed by atoms with E-state index in [1.165, 1.54) is 0 Å². The quantitative estimate of drug-likeness (QED) is 0.363. The molecule has 0 saturated carbocycles. The molecular weight excluding hydrogens is 510 g/mol. The number of hydrogen-bond donors (Lipinski definition) is 3. The largest absolute Gasteiger partial charge is 0.493 e. The van der Waals surface area contributed by atoms with Crippen LogP contribution in [0.15, 0.2) is 71.2 Å². The molecule has 0 aliphatic carbocycles. The van der Waals surface area contributed by atoms with Gasteiger partial charge < -0.3 is 10.1 Å². The minimum Gasteiger partial charge on any atom is -0.493 e. The number of halogens is 1. The van der Waals surface area contributed by atoms with Crippen molar-refractivity contribution in [1.82, 2.24) is 10.9 Å². The number of hydrazine groups is 1. The van der Waals surface area contributed by atoms with Gasteiger partial charge in [-0.3, -0.25) is 25.2 Å². The predicted molar refractivity (Wildman–Crippen MR) is 140 cm³/mol. The van der Waals surface area contributed by atoms with Gasteiger partial charge in [0.1, 0.15) is 5.75 Å². The maximum Gasteiger partial charge on any atom is 0.269 e. The summed E-state index contributed by atoms with van der Waals surface area (Å²) in [5.74, 6) is -0.568. The molecule has 0 heterocycles. The predicted octanol–water partition coefficient (Wildman–Crippen LogP) is 5.47. The van der Waals surface area contributed by atoms with E-state index < -0.39 is 11.8 Å². The van der Waals surface area contributed by atoms with Gasteiger partial charge in [-0.2, -0.15) is 0 Å². The van der Waals surface area contributed by atoms with Crippen LogP contribution in [0.2, 0.25) is 0 Å². The van der Waals surface area contributed by atoms with Gasteiger partial charge in [-0.15, -0.1) is 0 Å². The molecule has 0 fully saturated rings. The highest BCUT2D eigenvalue weighted by atomic mass is 79.9. The Morgan fingerprint density at radius 2 is 1.29 bits per heavy atom. The lowest BCUT2D eigenvalue weighted by molar-refractivity contribution is 0.0846. The lowest BCUT2D eigenvalue weighted by atomic mass is 9.87. The molecule has 7 nitrogen and oxygen atoms in total. The van der Waals surface area contributed by atoms with Crippen molar-refractivity contribution in [3.8, 4) is 5.75 Å². The number of ether oxygens (including phenoxy) is 1. The van der Waals surface area contributed by atoms with E-state index in [9.17, 15) is 14.4 Å². The zero-order valence-electron chi connectivity index (χ0n) is 20.1. The molecule has 8 heteroatoms. The van der Waals surface area contributed by atoms with Crippen molar-refractivity contribution >= 4 is 39.3 Å². The van der Waals surface area contributed by atoms with Gasteiger partial charge in [0, 0.05) is 22.4 Å². The van der Waals surface area contributed by atoms with Gasteiger partial charge in [0.05, 0.1) is 11.1 Å². The van der Waals surface area contributed by atoms with Gasteiger partial charge in [0.15, 0.2) is 0 Å². The fourth-order valence-corrected chi connectivity index (χ4v) is 3.70. The summed E-state index contributed by atoms with van der Waals surface area (Å²) >= 11 is 3.36. The molecule has 0 radical (unpaired) electrons. The number of carbonyl (C=O) groups is 3. The van der Waals surface area contributed by atoms with Crippen molar-refractivity contribution in [2.75, 3.05) is 11.9 Å². The van der Waals surface area contributed by atoms with Crippen LogP contribution >= 0.6 is 15.9 Å². The molecule has 3 aromatic rings. The second-order valence-electron chi connectivity index (χ2n) is 8.85. The van der Waals surface area contributed by atoms with Crippen LogP contribution in [-0.4, -0.2) is 24.3 Å². The highest BCUT2D eigenvalue weighted by molar-refractivity contribution is 9.10. The topological polar surface area (TPSA) is 96.5 Å².